The maximum atomic E-state index is 4.57. The van der Waals surface area contributed by atoms with Gasteiger partial charge in [0.15, 0.2) is 0 Å². The minimum atomic E-state index is 0.309. The van der Waals surface area contributed by atoms with Crippen molar-refractivity contribution >= 4 is 0 Å². The van der Waals surface area contributed by atoms with E-state index in [4.69, 9.17) is 0 Å². The summed E-state index contributed by atoms with van der Waals surface area (Å²) in [6, 6.07) is 2.46. The highest BCUT2D eigenvalue weighted by molar-refractivity contribution is 5.33. The summed E-state index contributed by atoms with van der Waals surface area (Å²) in [6.07, 6.45) is 4.76. The van der Waals surface area contributed by atoms with Gasteiger partial charge in [-0.1, -0.05) is 0 Å². The molecule has 2 heterocycles. The number of imidazole rings is 1. The number of aryl methyl sites for hydroxylation is 4. The van der Waals surface area contributed by atoms with Crippen molar-refractivity contribution in [2.45, 2.75) is 40.2 Å². The summed E-state index contributed by atoms with van der Waals surface area (Å²) in [7, 11) is 2.03. The number of nitrogens with one attached hydrogen (secondary N) is 1. The third-order valence-electron chi connectivity index (χ3n) is 3.74. The lowest BCUT2D eigenvalue weighted by Gasteiger charge is -2.19. The molecule has 20 heavy (non-hydrogen) atoms. The summed E-state index contributed by atoms with van der Waals surface area (Å²) < 4.78 is 2.07. The van der Waals surface area contributed by atoms with Crippen molar-refractivity contribution in [3.05, 3.63) is 46.8 Å². The summed E-state index contributed by atoms with van der Waals surface area (Å²) in [5.74, 6) is 1.11. The predicted molar refractivity (Wildman–Crippen MR) is 81.8 cm³/mol. The van der Waals surface area contributed by atoms with E-state index in [2.05, 4.69) is 46.7 Å². The minimum absolute atomic E-state index is 0.309. The molecule has 4 nitrogen and oxygen atoms in total. The van der Waals surface area contributed by atoms with Gasteiger partial charge in [-0.2, -0.15) is 0 Å². The Morgan fingerprint density at radius 3 is 2.65 bits per heavy atom. The van der Waals surface area contributed by atoms with Crippen LogP contribution in [0.25, 0.3) is 0 Å². The maximum Gasteiger partial charge on any atom is 0.109 e. The summed E-state index contributed by atoms with van der Waals surface area (Å²) in [5.41, 5.74) is 4.84. The molecule has 0 fully saturated rings. The van der Waals surface area contributed by atoms with Gasteiger partial charge in [0.1, 0.15) is 5.82 Å². The van der Waals surface area contributed by atoms with Crippen LogP contribution >= 0.6 is 0 Å². The van der Waals surface area contributed by atoms with Gasteiger partial charge in [0.25, 0.3) is 0 Å². The molecule has 4 heteroatoms. The van der Waals surface area contributed by atoms with Crippen LogP contribution in [-0.2, 0) is 13.5 Å². The average Bonchev–Trinajstić information content (AvgIpc) is 2.74. The zero-order valence-corrected chi connectivity index (χ0v) is 13.1. The molecule has 2 aromatic rings. The Labute approximate surface area is 121 Å². The highest BCUT2D eigenvalue weighted by Gasteiger charge is 2.12. The van der Waals surface area contributed by atoms with E-state index < -0.39 is 0 Å². The zero-order valence-electron chi connectivity index (χ0n) is 13.1. The van der Waals surface area contributed by atoms with Crippen LogP contribution in [0.15, 0.2) is 18.5 Å². The molecule has 2 aromatic heterocycles. The van der Waals surface area contributed by atoms with Crippen molar-refractivity contribution in [1.29, 1.82) is 0 Å². The van der Waals surface area contributed by atoms with Crippen molar-refractivity contribution in [3.8, 4) is 0 Å². The molecule has 0 amide bonds. The number of pyridine rings is 1. The molecule has 0 spiro atoms. The first-order chi connectivity index (χ1) is 9.49. The number of nitrogens with zero attached hydrogens (tertiary/aromatic N) is 3. The van der Waals surface area contributed by atoms with E-state index in [0.29, 0.717) is 6.04 Å². The van der Waals surface area contributed by atoms with Gasteiger partial charge in [-0.3, -0.25) is 4.98 Å². The third-order valence-corrected chi connectivity index (χ3v) is 3.74. The van der Waals surface area contributed by atoms with Crippen LogP contribution in [0.2, 0.25) is 0 Å². The van der Waals surface area contributed by atoms with Crippen LogP contribution in [-0.4, -0.2) is 21.1 Å². The Balaban J connectivity index is 1.99. The maximum absolute atomic E-state index is 4.57. The summed E-state index contributed by atoms with van der Waals surface area (Å²) >= 11 is 0. The Morgan fingerprint density at radius 1 is 1.30 bits per heavy atom. The van der Waals surface area contributed by atoms with Crippen molar-refractivity contribution in [1.82, 2.24) is 19.9 Å². The fraction of sp³-hybridized carbons (Fsp3) is 0.500. The first-order valence-corrected chi connectivity index (χ1v) is 7.13. The molecule has 1 unspecified atom stereocenters. The normalized spacial score (nSPS) is 12.7. The molecule has 0 radical (unpaired) electrons. The molecule has 1 atom stereocenters. The van der Waals surface area contributed by atoms with E-state index >= 15 is 0 Å². The van der Waals surface area contributed by atoms with Gasteiger partial charge in [0, 0.05) is 49.8 Å². The average molecular weight is 272 g/mol. The van der Waals surface area contributed by atoms with Crippen molar-refractivity contribution in [2.24, 2.45) is 7.05 Å². The summed E-state index contributed by atoms with van der Waals surface area (Å²) in [4.78, 5) is 8.91. The van der Waals surface area contributed by atoms with Gasteiger partial charge in [-0.15, -0.1) is 0 Å². The Kier molecular flexibility index (Phi) is 4.55. The molecule has 108 valence electrons. The molecule has 0 aliphatic rings. The van der Waals surface area contributed by atoms with Gasteiger partial charge in [-0.05, 0) is 44.9 Å². The van der Waals surface area contributed by atoms with E-state index in [1.54, 1.807) is 0 Å². The van der Waals surface area contributed by atoms with E-state index in [1.165, 1.54) is 11.1 Å². The van der Waals surface area contributed by atoms with E-state index in [1.807, 2.05) is 26.4 Å². The van der Waals surface area contributed by atoms with Gasteiger partial charge >= 0.3 is 0 Å². The number of hydrogen-bond acceptors (Lipinski definition) is 3. The fourth-order valence-electron chi connectivity index (χ4n) is 2.83. The lowest BCUT2D eigenvalue weighted by atomic mass is 10.0. The first kappa shape index (κ1) is 14.7. The van der Waals surface area contributed by atoms with Gasteiger partial charge < -0.3 is 9.88 Å². The van der Waals surface area contributed by atoms with Crippen LogP contribution in [0, 0.1) is 20.8 Å². The lowest BCUT2D eigenvalue weighted by Crippen LogP contribution is -2.24. The van der Waals surface area contributed by atoms with Gasteiger partial charge in [-0.25, -0.2) is 4.98 Å². The fourth-order valence-corrected chi connectivity index (χ4v) is 2.83. The minimum Gasteiger partial charge on any atom is -0.338 e. The van der Waals surface area contributed by atoms with E-state index in [0.717, 1.165) is 30.2 Å². The lowest BCUT2D eigenvalue weighted by molar-refractivity contribution is 0.558. The van der Waals surface area contributed by atoms with Crippen molar-refractivity contribution in [3.63, 3.8) is 0 Å². The van der Waals surface area contributed by atoms with Crippen LogP contribution in [0.3, 0.4) is 0 Å². The number of hydrogen-bond donors (Lipinski definition) is 1. The molecule has 0 aliphatic carbocycles. The van der Waals surface area contributed by atoms with Gasteiger partial charge in [0.05, 0.1) is 0 Å². The molecule has 0 saturated carbocycles. The first-order valence-electron chi connectivity index (χ1n) is 7.13. The van der Waals surface area contributed by atoms with Crippen LogP contribution in [0.4, 0.5) is 0 Å². The number of aromatic nitrogens is 3. The second kappa shape index (κ2) is 6.18. The molecule has 1 N–H and O–H groups in total. The quantitative estimate of drug-likeness (QED) is 0.910. The van der Waals surface area contributed by atoms with Crippen molar-refractivity contribution < 1.29 is 0 Å². The molecular formula is C16H24N4. The van der Waals surface area contributed by atoms with Crippen LogP contribution < -0.4 is 5.32 Å². The summed E-state index contributed by atoms with van der Waals surface area (Å²) in [5, 5.41) is 3.57. The molecule has 0 bridgehead atoms. The highest BCUT2D eigenvalue weighted by Crippen LogP contribution is 2.21. The molecular weight excluding hydrogens is 248 g/mol. The zero-order chi connectivity index (χ0) is 14.7. The topological polar surface area (TPSA) is 42.7 Å². The summed E-state index contributed by atoms with van der Waals surface area (Å²) in [6.45, 7) is 9.41. The molecule has 0 saturated heterocycles. The SMILES string of the molecule is Cc1cc(C)c(C(C)NCCc2nccn2C)c(C)n1. The second-order valence-electron chi connectivity index (χ2n) is 5.46. The largest absolute Gasteiger partial charge is 0.338 e. The second-order valence-corrected chi connectivity index (χ2v) is 5.46. The van der Waals surface area contributed by atoms with Crippen LogP contribution in [0.5, 0.6) is 0 Å². The smallest absolute Gasteiger partial charge is 0.109 e. The van der Waals surface area contributed by atoms with Crippen molar-refractivity contribution in [2.75, 3.05) is 6.54 Å². The monoisotopic (exact) mass is 272 g/mol. The Morgan fingerprint density at radius 2 is 2.05 bits per heavy atom. The molecule has 0 aromatic carbocycles. The standard InChI is InChI=1S/C16H24N4/c1-11-10-12(2)19-14(4)16(11)13(3)17-7-6-15-18-8-9-20(15)5/h8-10,13,17H,6-7H2,1-5H3. The third kappa shape index (κ3) is 3.25. The Hall–Kier alpha value is -1.68. The Bertz CT molecular complexity index is 563. The molecule has 0 aliphatic heterocycles. The van der Waals surface area contributed by atoms with Crippen LogP contribution in [0.1, 0.15) is 41.3 Å². The molecule has 2 rings (SSSR count). The van der Waals surface area contributed by atoms with E-state index in [-0.39, 0.29) is 0 Å². The van der Waals surface area contributed by atoms with Gasteiger partial charge in [0.2, 0.25) is 0 Å². The number of rotatable bonds is 5. The van der Waals surface area contributed by atoms with E-state index in [9.17, 15) is 0 Å². The predicted octanol–water partition coefficient (Wildman–Crippen LogP) is 2.63. The highest BCUT2D eigenvalue weighted by atomic mass is 15.0.